The van der Waals surface area contributed by atoms with Gasteiger partial charge >= 0.3 is 0 Å². The van der Waals surface area contributed by atoms with Crippen LogP contribution in [0.25, 0.3) is 0 Å². The highest BCUT2D eigenvalue weighted by Gasteiger charge is 2.36. The molecule has 1 atom stereocenters. The average molecular weight is 296 g/mol. The fourth-order valence-electron chi connectivity index (χ4n) is 2.46. The summed E-state index contributed by atoms with van der Waals surface area (Å²) < 4.78 is 27.0. The molecule has 21 heavy (non-hydrogen) atoms. The molecule has 114 valence electrons. The number of benzene rings is 1. The van der Waals surface area contributed by atoms with Gasteiger partial charge in [-0.2, -0.15) is 0 Å². The highest BCUT2D eigenvalue weighted by atomic mass is 19.2. The predicted octanol–water partition coefficient (Wildman–Crippen LogP) is 2.28. The Morgan fingerprint density at radius 3 is 2.67 bits per heavy atom. The highest BCUT2D eigenvalue weighted by molar-refractivity contribution is 6.02. The lowest BCUT2D eigenvalue weighted by Gasteiger charge is -2.41. The third-order valence-electron chi connectivity index (χ3n) is 3.64. The summed E-state index contributed by atoms with van der Waals surface area (Å²) in [4.78, 5) is 23.9. The maximum atomic E-state index is 13.8. The Kier molecular flexibility index (Phi) is 4.67. The number of ketones is 1. The Hall–Kier alpha value is -1.82. The van der Waals surface area contributed by atoms with Crippen LogP contribution >= 0.6 is 0 Å². The van der Waals surface area contributed by atoms with Crippen LogP contribution in [0.4, 0.5) is 8.78 Å². The van der Waals surface area contributed by atoms with Crippen molar-refractivity contribution in [1.82, 2.24) is 10.0 Å². The van der Waals surface area contributed by atoms with Gasteiger partial charge in [-0.15, -0.1) is 0 Å². The van der Waals surface area contributed by atoms with Gasteiger partial charge in [0.05, 0.1) is 19.0 Å². The van der Waals surface area contributed by atoms with Crippen molar-refractivity contribution in [3.8, 4) is 0 Å². The maximum Gasteiger partial charge on any atom is 0.244 e. The summed E-state index contributed by atoms with van der Waals surface area (Å²) in [6.07, 6.45) is 0.547. The van der Waals surface area contributed by atoms with Gasteiger partial charge in [-0.05, 0) is 19.4 Å². The van der Waals surface area contributed by atoms with Crippen LogP contribution in [0.5, 0.6) is 0 Å². The van der Waals surface area contributed by atoms with E-state index in [-0.39, 0.29) is 30.2 Å². The molecular formula is C15H18F2N2O2. The minimum absolute atomic E-state index is 0.0694. The monoisotopic (exact) mass is 296 g/mol. The summed E-state index contributed by atoms with van der Waals surface area (Å²) >= 11 is 0. The van der Waals surface area contributed by atoms with E-state index in [2.05, 4.69) is 0 Å². The normalized spacial score (nSPS) is 20.2. The van der Waals surface area contributed by atoms with E-state index >= 15 is 0 Å². The molecule has 0 aromatic heterocycles. The van der Waals surface area contributed by atoms with Gasteiger partial charge in [-0.3, -0.25) is 14.6 Å². The van der Waals surface area contributed by atoms with E-state index in [1.54, 1.807) is 11.9 Å². The first-order chi connectivity index (χ1) is 9.95. The Morgan fingerprint density at radius 2 is 2.00 bits per heavy atom. The van der Waals surface area contributed by atoms with E-state index in [4.69, 9.17) is 0 Å². The zero-order valence-electron chi connectivity index (χ0n) is 12.1. The topological polar surface area (TPSA) is 40.6 Å². The van der Waals surface area contributed by atoms with Gasteiger partial charge < -0.3 is 0 Å². The molecule has 0 bridgehead atoms. The van der Waals surface area contributed by atoms with Gasteiger partial charge in [-0.25, -0.2) is 13.8 Å². The number of rotatable bonds is 4. The first kappa shape index (κ1) is 15.6. The lowest BCUT2D eigenvalue weighted by atomic mass is 10.1. The Morgan fingerprint density at radius 1 is 1.29 bits per heavy atom. The van der Waals surface area contributed by atoms with Gasteiger partial charge in [0.25, 0.3) is 0 Å². The third kappa shape index (κ3) is 3.10. The number of hydrogen-bond acceptors (Lipinski definition) is 3. The van der Waals surface area contributed by atoms with E-state index in [0.717, 1.165) is 12.5 Å². The molecule has 4 nitrogen and oxygen atoms in total. The first-order valence-electron chi connectivity index (χ1n) is 6.98. The van der Waals surface area contributed by atoms with Crippen LogP contribution in [0.3, 0.4) is 0 Å². The molecule has 1 unspecified atom stereocenters. The van der Waals surface area contributed by atoms with Crippen LogP contribution in [0.2, 0.25) is 0 Å². The van der Waals surface area contributed by atoms with Crippen LogP contribution in [0, 0.1) is 11.6 Å². The quantitative estimate of drug-likeness (QED) is 0.800. The SMILES string of the molecule is CCCN1C(C)C(=O)CC(=O)N1Cc1cccc(F)c1F. The second kappa shape index (κ2) is 6.30. The van der Waals surface area contributed by atoms with Crippen molar-refractivity contribution in [1.29, 1.82) is 0 Å². The zero-order valence-corrected chi connectivity index (χ0v) is 12.1. The van der Waals surface area contributed by atoms with E-state index in [0.29, 0.717) is 6.54 Å². The van der Waals surface area contributed by atoms with E-state index in [1.807, 2.05) is 6.92 Å². The number of Topliss-reactive ketones (excluding diaryl/α,β-unsaturated/α-hetero) is 1. The smallest absolute Gasteiger partial charge is 0.244 e. The van der Waals surface area contributed by atoms with Crippen molar-refractivity contribution < 1.29 is 18.4 Å². The summed E-state index contributed by atoms with van der Waals surface area (Å²) in [6.45, 7) is 4.09. The molecule has 0 saturated carbocycles. The number of carbonyl (C=O) groups excluding carboxylic acids is 2. The number of halogens is 2. The molecule has 1 aliphatic rings. The lowest BCUT2D eigenvalue weighted by molar-refractivity contribution is -0.169. The maximum absolute atomic E-state index is 13.8. The van der Waals surface area contributed by atoms with E-state index < -0.39 is 17.7 Å². The van der Waals surface area contributed by atoms with Crippen molar-refractivity contribution in [2.45, 2.75) is 39.3 Å². The van der Waals surface area contributed by atoms with Gasteiger partial charge in [-0.1, -0.05) is 19.1 Å². The number of nitrogens with zero attached hydrogens (tertiary/aromatic N) is 2. The Balaban J connectivity index is 2.28. The summed E-state index contributed by atoms with van der Waals surface area (Å²) in [5, 5.41) is 2.99. The fourth-order valence-corrected chi connectivity index (χ4v) is 2.46. The second-order valence-electron chi connectivity index (χ2n) is 5.15. The Labute approximate surface area is 122 Å². The molecule has 1 fully saturated rings. The van der Waals surface area contributed by atoms with Gasteiger partial charge in [0.1, 0.15) is 0 Å². The summed E-state index contributed by atoms with van der Waals surface area (Å²) in [7, 11) is 0. The number of hydrogen-bond donors (Lipinski definition) is 0. The standard InChI is InChI=1S/C15H18F2N2O2/c1-3-7-18-10(2)13(20)8-14(21)19(18)9-11-5-4-6-12(16)15(11)17/h4-6,10H,3,7-9H2,1-2H3. The van der Waals surface area contributed by atoms with Crippen molar-refractivity contribution in [3.63, 3.8) is 0 Å². The molecule has 2 rings (SSSR count). The van der Waals surface area contributed by atoms with Crippen molar-refractivity contribution in [3.05, 3.63) is 35.4 Å². The first-order valence-corrected chi connectivity index (χ1v) is 6.98. The largest absolute Gasteiger partial charge is 0.297 e. The van der Waals surface area contributed by atoms with Gasteiger partial charge in [0.15, 0.2) is 17.4 Å². The van der Waals surface area contributed by atoms with E-state index in [1.165, 1.54) is 17.1 Å². The summed E-state index contributed by atoms with van der Waals surface area (Å²) in [6, 6.07) is 3.45. The van der Waals surface area contributed by atoms with Crippen LogP contribution in [-0.2, 0) is 16.1 Å². The lowest BCUT2D eigenvalue weighted by Crippen LogP contribution is -2.58. The minimum atomic E-state index is -0.952. The van der Waals surface area contributed by atoms with E-state index in [9.17, 15) is 18.4 Å². The van der Waals surface area contributed by atoms with Crippen molar-refractivity contribution in [2.75, 3.05) is 6.54 Å². The summed E-state index contributed by atoms with van der Waals surface area (Å²) in [5.41, 5.74) is 0.103. The molecule has 0 radical (unpaired) electrons. The van der Waals surface area contributed by atoms with Crippen LogP contribution in [0.15, 0.2) is 18.2 Å². The molecule has 1 heterocycles. The van der Waals surface area contributed by atoms with Crippen molar-refractivity contribution in [2.24, 2.45) is 0 Å². The van der Waals surface area contributed by atoms with Crippen LogP contribution in [0.1, 0.15) is 32.3 Å². The van der Waals surface area contributed by atoms with Crippen LogP contribution < -0.4 is 0 Å². The highest BCUT2D eigenvalue weighted by Crippen LogP contribution is 2.21. The molecule has 0 aliphatic carbocycles. The molecule has 1 saturated heterocycles. The molecule has 0 N–H and O–H groups in total. The molecule has 1 aromatic rings. The minimum Gasteiger partial charge on any atom is -0.297 e. The van der Waals surface area contributed by atoms with Gasteiger partial charge in [0.2, 0.25) is 5.91 Å². The second-order valence-corrected chi connectivity index (χ2v) is 5.15. The molecule has 1 aromatic carbocycles. The number of amides is 1. The molecular weight excluding hydrogens is 278 g/mol. The predicted molar refractivity (Wildman–Crippen MR) is 73.0 cm³/mol. The zero-order chi connectivity index (χ0) is 15.6. The molecule has 6 heteroatoms. The molecule has 1 aliphatic heterocycles. The fraction of sp³-hybridized carbons (Fsp3) is 0.467. The average Bonchev–Trinajstić information content (AvgIpc) is 2.44. The molecule has 0 spiro atoms. The molecule has 1 amide bonds. The number of hydrazine groups is 1. The Bertz CT molecular complexity index is 563. The third-order valence-corrected chi connectivity index (χ3v) is 3.64. The van der Waals surface area contributed by atoms with Crippen LogP contribution in [-0.4, -0.2) is 34.3 Å². The number of carbonyl (C=O) groups is 2. The summed E-state index contributed by atoms with van der Waals surface area (Å²) in [5.74, 6) is -2.42. The van der Waals surface area contributed by atoms with Gasteiger partial charge in [0, 0.05) is 12.1 Å². The van der Waals surface area contributed by atoms with Crippen molar-refractivity contribution >= 4 is 11.7 Å².